The highest BCUT2D eigenvalue weighted by Gasteiger charge is 2.14. The van der Waals surface area contributed by atoms with Crippen molar-refractivity contribution in [3.8, 4) is 5.75 Å². The van der Waals surface area contributed by atoms with Gasteiger partial charge in [-0.1, -0.05) is 0 Å². The van der Waals surface area contributed by atoms with Crippen LogP contribution in [0.4, 0.5) is 5.69 Å². The molecule has 2 aromatic rings. The molecule has 2 rings (SSSR count). The van der Waals surface area contributed by atoms with E-state index in [9.17, 15) is 13.2 Å². The van der Waals surface area contributed by atoms with Gasteiger partial charge in [0.15, 0.2) is 0 Å². The molecule has 0 heterocycles. The van der Waals surface area contributed by atoms with Crippen LogP contribution in [0.1, 0.15) is 10.4 Å². The van der Waals surface area contributed by atoms with Crippen LogP contribution in [0.25, 0.3) is 0 Å². The smallest absolute Gasteiger partial charge is 0.255 e. The summed E-state index contributed by atoms with van der Waals surface area (Å²) in [4.78, 5) is 12.4. The average Bonchev–Trinajstić information content (AvgIpc) is 2.67. The minimum Gasteiger partial charge on any atom is -0.492 e. The Morgan fingerprint density at radius 3 is 2.30 bits per heavy atom. The Bertz CT molecular complexity index is 836. The maximum Gasteiger partial charge on any atom is 0.255 e. The van der Waals surface area contributed by atoms with Crippen molar-refractivity contribution < 1.29 is 22.7 Å². The monoisotopic (exact) mass is 393 g/mol. The number of methoxy groups -OCH3 is 1. The zero-order chi connectivity index (χ0) is 19.7. The van der Waals surface area contributed by atoms with E-state index < -0.39 is 10.0 Å². The van der Waals surface area contributed by atoms with Crippen molar-refractivity contribution in [3.05, 3.63) is 54.1 Å². The van der Waals surface area contributed by atoms with Gasteiger partial charge in [-0.25, -0.2) is 13.1 Å². The second-order valence-corrected chi connectivity index (χ2v) is 7.30. The fraction of sp³-hybridized carbons (Fsp3) is 0.278. The number of nitrogens with two attached hydrogens (primary N) is 1. The van der Waals surface area contributed by atoms with E-state index in [1.165, 1.54) is 31.4 Å². The number of benzene rings is 2. The summed E-state index contributed by atoms with van der Waals surface area (Å²) in [6, 6.07) is 12.6. The molecule has 0 aromatic heterocycles. The number of carbonyl (C=O) groups excluding carboxylic acids is 1. The molecule has 0 atom stereocenters. The first-order chi connectivity index (χ1) is 13.0. The molecule has 0 saturated carbocycles. The van der Waals surface area contributed by atoms with Crippen LogP contribution < -0.4 is 20.5 Å². The van der Waals surface area contributed by atoms with Crippen molar-refractivity contribution in [2.45, 2.75) is 4.90 Å². The van der Waals surface area contributed by atoms with Gasteiger partial charge < -0.3 is 20.5 Å². The van der Waals surface area contributed by atoms with Gasteiger partial charge >= 0.3 is 0 Å². The topological polar surface area (TPSA) is 120 Å². The average molecular weight is 393 g/mol. The van der Waals surface area contributed by atoms with Crippen LogP contribution in [-0.4, -0.2) is 47.7 Å². The molecular formula is C18H23N3O5S. The molecule has 27 heavy (non-hydrogen) atoms. The Morgan fingerprint density at radius 1 is 1.04 bits per heavy atom. The first-order valence-electron chi connectivity index (χ1n) is 8.29. The van der Waals surface area contributed by atoms with Gasteiger partial charge in [-0.15, -0.1) is 0 Å². The molecule has 2 aromatic carbocycles. The molecule has 9 heteroatoms. The molecule has 1 amide bonds. The summed E-state index contributed by atoms with van der Waals surface area (Å²) in [6.07, 6.45) is 0. The molecule has 0 aliphatic rings. The van der Waals surface area contributed by atoms with E-state index in [0.717, 1.165) is 0 Å². The van der Waals surface area contributed by atoms with Crippen molar-refractivity contribution in [1.29, 1.82) is 0 Å². The van der Waals surface area contributed by atoms with E-state index in [1.807, 2.05) is 0 Å². The zero-order valence-electron chi connectivity index (χ0n) is 15.0. The van der Waals surface area contributed by atoms with Crippen LogP contribution in [0.2, 0.25) is 0 Å². The van der Waals surface area contributed by atoms with Gasteiger partial charge in [0.2, 0.25) is 10.0 Å². The fourth-order valence-electron chi connectivity index (χ4n) is 2.16. The third kappa shape index (κ3) is 6.33. The summed E-state index contributed by atoms with van der Waals surface area (Å²) in [5.74, 6) is 0.316. The Balaban J connectivity index is 1.99. The molecule has 0 saturated heterocycles. The van der Waals surface area contributed by atoms with E-state index >= 15 is 0 Å². The lowest BCUT2D eigenvalue weighted by Gasteiger charge is -2.09. The molecule has 0 aliphatic heterocycles. The van der Waals surface area contributed by atoms with Gasteiger partial charge in [0.25, 0.3) is 5.91 Å². The highest BCUT2D eigenvalue weighted by molar-refractivity contribution is 7.89. The van der Waals surface area contributed by atoms with Gasteiger partial charge in [0.05, 0.1) is 11.5 Å². The van der Waals surface area contributed by atoms with E-state index in [2.05, 4.69) is 10.0 Å². The summed E-state index contributed by atoms with van der Waals surface area (Å²) in [7, 11) is -2.14. The lowest BCUT2D eigenvalue weighted by atomic mass is 10.2. The SMILES string of the molecule is COCCNS(=O)(=O)c1ccc(C(=O)Nc2ccc(OCCN)cc2)cc1. The lowest BCUT2D eigenvalue weighted by molar-refractivity contribution is 0.102. The summed E-state index contributed by atoms with van der Waals surface area (Å²) >= 11 is 0. The van der Waals surface area contributed by atoms with E-state index in [0.29, 0.717) is 30.2 Å². The molecule has 4 N–H and O–H groups in total. The number of rotatable bonds is 10. The Morgan fingerprint density at radius 2 is 1.70 bits per heavy atom. The fourth-order valence-corrected chi connectivity index (χ4v) is 3.17. The molecule has 0 fully saturated rings. The van der Waals surface area contributed by atoms with Crippen LogP contribution >= 0.6 is 0 Å². The van der Waals surface area contributed by atoms with Crippen molar-refractivity contribution in [2.75, 3.05) is 38.7 Å². The third-order valence-electron chi connectivity index (χ3n) is 3.52. The number of anilines is 1. The molecule has 0 spiro atoms. The van der Waals surface area contributed by atoms with Gasteiger partial charge in [-0.2, -0.15) is 0 Å². The number of carbonyl (C=O) groups is 1. The largest absolute Gasteiger partial charge is 0.492 e. The molecule has 0 aliphatic carbocycles. The summed E-state index contributed by atoms with van der Waals surface area (Å²) < 4.78 is 36.8. The number of hydrogen-bond donors (Lipinski definition) is 3. The van der Waals surface area contributed by atoms with Crippen molar-refractivity contribution >= 4 is 21.6 Å². The lowest BCUT2D eigenvalue weighted by Crippen LogP contribution is -2.27. The van der Waals surface area contributed by atoms with E-state index in [4.69, 9.17) is 15.2 Å². The number of sulfonamides is 1. The number of nitrogens with one attached hydrogen (secondary N) is 2. The molecule has 146 valence electrons. The van der Waals surface area contributed by atoms with Crippen LogP contribution in [-0.2, 0) is 14.8 Å². The predicted molar refractivity (Wildman–Crippen MR) is 102 cm³/mol. The Hall–Kier alpha value is -2.46. The first-order valence-corrected chi connectivity index (χ1v) is 9.77. The molecular weight excluding hydrogens is 370 g/mol. The van der Waals surface area contributed by atoms with Crippen molar-refractivity contribution in [1.82, 2.24) is 4.72 Å². The predicted octanol–water partition coefficient (Wildman–Crippen LogP) is 1.20. The van der Waals surface area contributed by atoms with Gasteiger partial charge in [0.1, 0.15) is 12.4 Å². The second-order valence-electron chi connectivity index (χ2n) is 5.53. The third-order valence-corrected chi connectivity index (χ3v) is 5.00. The number of hydrogen-bond acceptors (Lipinski definition) is 6. The maximum atomic E-state index is 12.3. The maximum absolute atomic E-state index is 12.3. The highest BCUT2D eigenvalue weighted by atomic mass is 32.2. The van der Waals surface area contributed by atoms with E-state index in [1.54, 1.807) is 24.3 Å². The zero-order valence-corrected chi connectivity index (χ0v) is 15.8. The van der Waals surface area contributed by atoms with Gasteiger partial charge in [-0.3, -0.25) is 4.79 Å². The summed E-state index contributed by atoms with van der Waals surface area (Å²) in [5, 5.41) is 2.74. The minimum atomic E-state index is -3.63. The molecule has 8 nitrogen and oxygen atoms in total. The second kappa shape index (κ2) is 10.0. The number of ether oxygens (including phenoxy) is 2. The van der Waals surface area contributed by atoms with Crippen molar-refractivity contribution in [2.24, 2.45) is 5.73 Å². The Kier molecular flexibility index (Phi) is 7.74. The quantitative estimate of drug-likeness (QED) is 0.522. The van der Waals surface area contributed by atoms with Crippen molar-refractivity contribution in [3.63, 3.8) is 0 Å². The molecule has 0 radical (unpaired) electrons. The number of amides is 1. The van der Waals surface area contributed by atoms with Gasteiger partial charge in [-0.05, 0) is 48.5 Å². The normalized spacial score (nSPS) is 11.2. The van der Waals surface area contributed by atoms with Crippen LogP contribution in [0.15, 0.2) is 53.4 Å². The summed E-state index contributed by atoms with van der Waals surface area (Å²) in [5.41, 5.74) is 6.31. The standard InChI is InChI=1S/C18H23N3O5S/c1-25-13-11-20-27(23,24)17-8-2-14(3-9-17)18(22)21-15-4-6-16(7-5-15)26-12-10-19/h2-9,20H,10-13,19H2,1H3,(H,21,22). The summed E-state index contributed by atoms with van der Waals surface area (Å²) in [6.45, 7) is 1.29. The molecule has 0 unspecified atom stereocenters. The minimum absolute atomic E-state index is 0.0801. The highest BCUT2D eigenvalue weighted by Crippen LogP contribution is 2.17. The van der Waals surface area contributed by atoms with Crippen LogP contribution in [0.3, 0.4) is 0 Å². The van der Waals surface area contributed by atoms with E-state index in [-0.39, 0.29) is 24.0 Å². The molecule has 0 bridgehead atoms. The van der Waals surface area contributed by atoms with Crippen LogP contribution in [0.5, 0.6) is 5.75 Å². The first kappa shape index (κ1) is 20.8. The van der Waals surface area contributed by atoms with Crippen LogP contribution in [0, 0.1) is 0 Å². The van der Waals surface area contributed by atoms with Gasteiger partial charge in [0, 0.05) is 31.5 Å². The Labute approximate surface area is 158 Å².